The van der Waals surface area contributed by atoms with Gasteiger partial charge in [-0.15, -0.1) is 0 Å². The van der Waals surface area contributed by atoms with E-state index >= 15 is 0 Å². The van der Waals surface area contributed by atoms with Gasteiger partial charge in [-0.25, -0.2) is 4.79 Å². The highest BCUT2D eigenvalue weighted by Gasteiger charge is 2.43. The molecule has 3 heteroatoms. The maximum atomic E-state index is 12.0. The molecule has 0 aromatic heterocycles. The van der Waals surface area contributed by atoms with E-state index in [1.54, 1.807) is 0 Å². The van der Waals surface area contributed by atoms with Crippen LogP contribution in [0, 0.1) is 5.92 Å². The van der Waals surface area contributed by atoms with Gasteiger partial charge in [0.25, 0.3) is 0 Å². The lowest BCUT2D eigenvalue weighted by atomic mass is 9.78. The van der Waals surface area contributed by atoms with Crippen LogP contribution in [-0.4, -0.2) is 23.3 Å². The predicted octanol–water partition coefficient (Wildman–Crippen LogP) is 4.71. The number of esters is 1. The standard InChI is InChI=1S/C20H30O3/c1-14-7-5-9-19(3)10-6-11-20(4,23-19)12-8-16-15(2)18(21)22-17(16)13-14/h7,16-17H,2,5-6,8-13H2,1,3-4H3/t16-,17-,19+,20+/m0/s1. The summed E-state index contributed by atoms with van der Waals surface area (Å²) in [5.74, 6) is -0.0684. The minimum Gasteiger partial charge on any atom is -0.458 e. The molecule has 0 amide bonds. The number of fused-ring (bicyclic) bond motifs is 3. The number of hydrogen-bond donors (Lipinski definition) is 0. The number of carbonyl (C=O) groups excluding carboxylic acids is 1. The van der Waals surface area contributed by atoms with Crippen molar-refractivity contribution in [3.63, 3.8) is 0 Å². The van der Waals surface area contributed by atoms with E-state index in [1.165, 1.54) is 12.0 Å². The fourth-order valence-electron chi connectivity index (χ4n) is 4.59. The van der Waals surface area contributed by atoms with Crippen molar-refractivity contribution in [1.29, 1.82) is 0 Å². The van der Waals surface area contributed by atoms with Gasteiger partial charge in [0.1, 0.15) is 6.10 Å². The first kappa shape index (κ1) is 16.8. The molecule has 0 aliphatic carbocycles. The Kier molecular flexibility index (Phi) is 4.43. The SMILES string of the molecule is C=C1C(=O)O[C@H]2CC(C)=CCC[C@]3(C)CCC[C@](C)(CC[C@@H]12)O3. The molecule has 3 nitrogen and oxygen atoms in total. The zero-order valence-corrected chi connectivity index (χ0v) is 14.8. The van der Waals surface area contributed by atoms with Gasteiger partial charge >= 0.3 is 5.97 Å². The summed E-state index contributed by atoms with van der Waals surface area (Å²) in [4.78, 5) is 12.0. The topological polar surface area (TPSA) is 35.5 Å². The number of rotatable bonds is 0. The maximum Gasteiger partial charge on any atom is 0.334 e. The Morgan fingerprint density at radius 1 is 1.17 bits per heavy atom. The molecule has 3 aliphatic heterocycles. The molecule has 3 aliphatic rings. The van der Waals surface area contributed by atoms with E-state index in [2.05, 4.69) is 33.4 Å². The molecule has 3 heterocycles. The molecule has 0 saturated carbocycles. The van der Waals surface area contributed by atoms with Crippen LogP contribution in [-0.2, 0) is 14.3 Å². The molecule has 4 atom stereocenters. The molecular formula is C20H30O3. The first-order chi connectivity index (χ1) is 10.8. The van der Waals surface area contributed by atoms with Crippen molar-refractivity contribution in [2.24, 2.45) is 5.92 Å². The summed E-state index contributed by atoms with van der Waals surface area (Å²) in [6.07, 6.45) is 10.6. The lowest BCUT2D eigenvalue weighted by molar-refractivity contribution is -0.181. The summed E-state index contributed by atoms with van der Waals surface area (Å²) in [6.45, 7) is 10.6. The highest BCUT2D eigenvalue weighted by molar-refractivity contribution is 5.90. The number of hydrogen-bond acceptors (Lipinski definition) is 3. The zero-order chi connectivity index (χ0) is 16.7. The van der Waals surface area contributed by atoms with E-state index in [9.17, 15) is 4.79 Å². The second kappa shape index (κ2) is 6.08. The van der Waals surface area contributed by atoms with Crippen LogP contribution in [0.1, 0.15) is 72.1 Å². The normalized spacial score (nSPS) is 42.1. The van der Waals surface area contributed by atoms with Crippen molar-refractivity contribution in [3.05, 3.63) is 23.8 Å². The molecular weight excluding hydrogens is 288 g/mol. The van der Waals surface area contributed by atoms with Crippen molar-refractivity contribution in [2.75, 3.05) is 0 Å². The summed E-state index contributed by atoms with van der Waals surface area (Å²) in [7, 11) is 0. The molecule has 2 saturated heterocycles. The van der Waals surface area contributed by atoms with Crippen molar-refractivity contribution < 1.29 is 14.3 Å². The Bertz CT molecular complexity index is 535. The third-order valence-electron chi connectivity index (χ3n) is 5.99. The van der Waals surface area contributed by atoms with Crippen LogP contribution in [0.5, 0.6) is 0 Å². The number of carbonyl (C=O) groups is 1. The van der Waals surface area contributed by atoms with Crippen LogP contribution in [0.2, 0.25) is 0 Å². The van der Waals surface area contributed by atoms with Crippen LogP contribution in [0.15, 0.2) is 23.8 Å². The van der Waals surface area contributed by atoms with E-state index in [0.29, 0.717) is 5.57 Å². The van der Waals surface area contributed by atoms with Crippen LogP contribution >= 0.6 is 0 Å². The lowest BCUT2D eigenvalue weighted by Gasteiger charge is -2.46. The fourth-order valence-corrected chi connectivity index (χ4v) is 4.59. The van der Waals surface area contributed by atoms with Crippen molar-refractivity contribution in [1.82, 2.24) is 0 Å². The summed E-state index contributed by atoms with van der Waals surface area (Å²) in [5.41, 5.74) is 1.87. The minimum absolute atomic E-state index is 0.0125. The van der Waals surface area contributed by atoms with Crippen LogP contribution in [0.3, 0.4) is 0 Å². The summed E-state index contributed by atoms with van der Waals surface area (Å²) in [6, 6.07) is 0. The third kappa shape index (κ3) is 3.55. The average molecular weight is 318 g/mol. The Morgan fingerprint density at radius 3 is 2.61 bits per heavy atom. The monoisotopic (exact) mass is 318 g/mol. The van der Waals surface area contributed by atoms with Gasteiger partial charge in [-0.2, -0.15) is 0 Å². The summed E-state index contributed by atoms with van der Waals surface area (Å²) < 4.78 is 12.2. The Balaban J connectivity index is 1.85. The lowest BCUT2D eigenvalue weighted by Crippen LogP contribution is -2.45. The minimum atomic E-state index is -0.206. The molecule has 0 aromatic carbocycles. The second-order valence-corrected chi connectivity index (χ2v) is 8.26. The first-order valence-electron chi connectivity index (χ1n) is 9.06. The van der Waals surface area contributed by atoms with Gasteiger partial charge in [-0.05, 0) is 65.7 Å². The highest BCUT2D eigenvalue weighted by atomic mass is 16.6. The van der Waals surface area contributed by atoms with Gasteiger partial charge in [0.2, 0.25) is 0 Å². The molecule has 2 bridgehead atoms. The smallest absolute Gasteiger partial charge is 0.334 e. The Hall–Kier alpha value is -1.09. The van der Waals surface area contributed by atoms with Gasteiger partial charge in [-0.3, -0.25) is 0 Å². The quantitative estimate of drug-likeness (QED) is 0.368. The Morgan fingerprint density at radius 2 is 1.87 bits per heavy atom. The van der Waals surface area contributed by atoms with Crippen molar-refractivity contribution in [3.8, 4) is 0 Å². The fraction of sp³-hybridized carbons (Fsp3) is 0.750. The van der Waals surface area contributed by atoms with E-state index in [-0.39, 0.29) is 29.2 Å². The third-order valence-corrected chi connectivity index (χ3v) is 5.99. The van der Waals surface area contributed by atoms with Gasteiger partial charge in [0.15, 0.2) is 0 Å². The highest BCUT2D eigenvalue weighted by Crippen LogP contribution is 2.43. The van der Waals surface area contributed by atoms with Gasteiger partial charge in [0, 0.05) is 17.9 Å². The van der Waals surface area contributed by atoms with Crippen LogP contribution in [0.25, 0.3) is 0 Å². The molecule has 0 N–H and O–H groups in total. The molecule has 0 unspecified atom stereocenters. The predicted molar refractivity (Wildman–Crippen MR) is 91.1 cm³/mol. The van der Waals surface area contributed by atoms with Crippen LogP contribution in [0.4, 0.5) is 0 Å². The first-order valence-corrected chi connectivity index (χ1v) is 9.06. The molecule has 0 aromatic rings. The van der Waals surface area contributed by atoms with E-state index in [0.717, 1.165) is 44.9 Å². The second-order valence-electron chi connectivity index (χ2n) is 8.26. The molecule has 128 valence electrons. The van der Waals surface area contributed by atoms with Gasteiger partial charge < -0.3 is 9.47 Å². The average Bonchev–Trinajstić information content (AvgIpc) is 2.70. The molecule has 3 rings (SSSR count). The summed E-state index contributed by atoms with van der Waals surface area (Å²) in [5, 5.41) is 0. The molecule has 0 spiro atoms. The van der Waals surface area contributed by atoms with E-state index in [4.69, 9.17) is 9.47 Å². The van der Waals surface area contributed by atoms with Crippen LogP contribution < -0.4 is 0 Å². The number of allylic oxidation sites excluding steroid dienone is 1. The van der Waals surface area contributed by atoms with Crippen molar-refractivity contribution in [2.45, 2.75) is 89.4 Å². The van der Waals surface area contributed by atoms with Gasteiger partial charge in [0.05, 0.1) is 11.2 Å². The largest absolute Gasteiger partial charge is 0.458 e. The van der Waals surface area contributed by atoms with E-state index < -0.39 is 0 Å². The molecule has 23 heavy (non-hydrogen) atoms. The van der Waals surface area contributed by atoms with Gasteiger partial charge in [-0.1, -0.05) is 18.2 Å². The van der Waals surface area contributed by atoms with E-state index in [1.807, 2.05) is 0 Å². The zero-order valence-electron chi connectivity index (χ0n) is 14.8. The molecule has 2 fully saturated rings. The maximum absolute atomic E-state index is 12.0. The molecule has 0 radical (unpaired) electrons. The Labute approximate surface area is 140 Å². The van der Waals surface area contributed by atoms with Crippen molar-refractivity contribution >= 4 is 5.97 Å². The summed E-state index contributed by atoms with van der Waals surface area (Å²) >= 11 is 0. The number of ether oxygens (including phenoxy) is 2.